The van der Waals surface area contributed by atoms with E-state index >= 15 is 0 Å². The maximum Gasteiger partial charge on any atom is 0.282 e. The number of nitrogens with one attached hydrogen (secondary N) is 1. The second-order valence-electron chi connectivity index (χ2n) is 7.33. The van der Waals surface area contributed by atoms with E-state index in [4.69, 9.17) is 10.0 Å². The summed E-state index contributed by atoms with van der Waals surface area (Å²) in [5.41, 5.74) is 4.06. The molecule has 0 aliphatic heterocycles. The zero-order valence-corrected chi connectivity index (χ0v) is 18.7. The number of hydrogen-bond donors (Lipinski definition) is 2. The van der Waals surface area contributed by atoms with Gasteiger partial charge in [0.1, 0.15) is 0 Å². The zero-order chi connectivity index (χ0) is 23.1. The smallest absolute Gasteiger partial charge is 0.282 e. The second-order valence-corrected chi connectivity index (χ2v) is 7.33. The molecule has 0 saturated carbocycles. The number of benzene rings is 3. The third-order valence-electron chi connectivity index (χ3n) is 5.38. The van der Waals surface area contributed by atoms with Gasteiger partial charge >= 0.3 is 0 Å². The van der Waals surface area contributed by atoms with E-state index in [9.17, 15) is 9.59 Å². The number of amides is 2. The molecule has 0 fully saturated rings. The molecular formula is C25H29N3O4. The van der Waals surface area contributed by atoms with Crippen LogP contribution >= 0.6 is 0 Å². The Hall–Kier alpha value is -3.26. The minimum atomic E-state index is -0.639. The Morgan fingerprint density at radius 3 is 2.25 bits per heavy atom. The van der Waals surface area contributed by atoms with Crippen molar-refractivity contribution in [3.8, 4) is 0 Å². The highest BCUT2D eigenvalue weighted by Crippen LogP contribution is 2.29. The topological polar surface area (TPSA) is 82.1 Å². The molecule has 7 heteroatoms. The van der Waals surface area contributed by atoms with E-state index in [-0.39, 0.29) is 11.5 Å². The number of hydroxylamine groups is 2. The molecule has 2 N–H and O–H groups in total. The molecule has 0 spiro atoms. The Balaban J connectivity index is 1.95. The van der Waals surface area contributed by atoms with Gasteiger partial charge in [-0.15, -0.1) is 0 Å². The molecule has 0 radical (unpaired) electrons. The molecular weight excluding hydrogens is 406 g/mol. The van der Waals surface area contributed by atoms with E-state index in [1.807, 2.05) is 31.2 Å². The van der Waals surface area contributed by atoms with Crippen LogP contribution in [0, 0.1) is 0 Å². The number of nitrogens with zero attached hydrogens (tertiary/aromatic N) is 2. The van der Waals surface area contributed by atoms with E-state index in [1.165, 1.54) is 34.9 Å². The summed E-state index contributed by atoms with van der Waals surface area (Å²) in [5, 5.41) is 12.0. The van der Waals surface area contributed by atoms with Crippen LogP contribution in [0.2, 0.25) is 0 Å². The van der Waals surface area contributed by atoms with E-state index in [1.54, 1.807) is 5.48 Å². The summed E-state index contributed by atoms with van der Waals surface area (Å²) >= 11 is 0. The summed E-state index contributed by atoms with van der Waals surface area (Å²) in [6.45, 7) is 9.28. The largest absolute Gasteiger partial charge is 0.300 e. The molecule has 2 amide bonds. The van der Waals surface area contributed by atoms with Gasteiger partial charge in [-0.3, -0.25) is 24.5 Å². The first kappa shape index (κ1) is 23.4. The molecule has 3 rings (SSSR count). The van der Waals surface area contributed by atoms with Crippen LogP contribution < -0.4 is 10.5 Å². The van der Waals surface area contributed by atoms with Crippen LogP contribution in [0.4, 0.5) is 5.69 Å². The van der Waals surface area contributed by atoms with Crippen molar-refractivity contribution in [2.45, 2.75) is 27.3 Å². The van der Waals surface area contributed by atoms with Crippen molar-refractivity contribution in [3.05, 3.63) is 77.4 Å². The first-order valence-electron chi connectivity index (χ1n) is 10.8. The van der Waals surface area contributed by atoms with Crippen molar-refractivity contribution >= 4 is 28.3 Å². The number of anilines is 1. The highest BCUT2D eigenvalue weighted by atomic mass is 16.7. The van der Waals surface area contributed by atoms with Gasteiger partial charge in [-0.1, -0.05) is 38.1 Å². The van der Waals surface area contributed by atoms with Gasteiger partial charge in [0.05, 0.1) is 12.3 Å². The lowest BCUT2D eigenvalue weighted by molar-refractivity contribution is 0.0679. The van der Waals surface area contributed by atoms with Crippen molar-refractivity contribution in [2.75, 3.05) is 24.8 Å². The van der Waals surface area contributed by atoms with Crippen molar-refractivity contribution in [2.24, 2.45) is 0 Å². The lowest BCUT2D eigenvalue weighted by Gasteiger charge is -2.23. The summed E-state index contributed by atoms with van der Waals surface area (Å²) in [6.07, 6.45) is 0. The fraction of sp³-hybridized carbons (Fsp3) is 0.280. The summed E-state index contributed by atoms with van der Waals surface area (Å²) in [7, 11) is 0. The van der Waals surface area contributed by atoms with Crippen LogP contribution in [0.25, 0.3) is 10.8 Å². The third-order valence-corrected chi connectivity index (χ3v) is 5.38. The van der Waals surface area contributed by atoms with E-state index in [0.717, 1.165) is 30.4 Å². The van der Waals surface area contributed by atoms with Crippen molar-refractivity contribution < 1.29 is 19.6 Å². The summed E-state index contributed by atoms with van der Waals surface area (Å²) in [5.74, 6) is -0.984. The van der Waals surface area contributed by atoms with Gasteiger partial charge in [0.15, 0.2) is 0 Å². The molecule has 0 saturated heterocycles. The van der Waals surface area contributed by atoms with Gasteiger partial charge < -0.3 is 0 Å². The molecule has 168 valence electrons. The average Bonchev–Trinajstić information content (AvgIpc) is 2.84. The van der Waals surface area contributed by atoms with Crippen LogP contribution in [0.15, 0.2) is 60.7 Å². The summed E-state index contributed by atoms with van der Waals surface area (Å²) in [6, 6.07) is 18.1. The number of rotatable bonds is 9. The Morgan fingerprint density at radius 1 is 0.938 bits per heavy atom. The maximum absolute atomic E-state index is 13.3. The first-order valence-corrected chi connectivity index (χ1v) is 10.8. The Labute approximate surface area is 188 Å². The predicted octanol–water partition coefficient (Wildman–Crippen LogP) is 4.40. The van der Waals surface area contributed by atoms with Gasteiger partial charge in [-0.2, -0.15) is 5.06 Å². The summed E-state index contributed by atoms with van der Waals surface area (Å²) < 4.78 is 0. The van der Waals surface area contributed by atoms with Crippen LogP contribution in [0.1, 0.15) is 47.1 Å². The Kier molecular flexibility index (Phi) is 7.94. The monoisotopic (exact) mass is 435 g/mol. The minimum absolute atomic E-state index is 0.248. The maximum atomic E-state index is 13.3. The predicted molar refractivity (Wildman–Crippen MR) is 125 cm³/mol. The lowest BCUT2D eigenvalue weighted by atomic mass is 10.0. The first-order chi connectivity index (χ1) is 15.5. The fourth-order valence-corrected chi connectivity index (χ4v) is 3.61. The SMILES string of the molecule is CCON(C(=O)c1ccc(C(=O)NO)cc1)c1cccc2cc(CN(CC)CC)ccc12. The van der Waals surface area contributed by atoms with Gasteiger partial charge in [0.25, 0.3) is 11.8 Å². The molecule has 0 aliphatic rings. The molecule has 0 atom stereocenters. The molecule has 0 aromatic heterocycles. The number of carbonyl (C=O) groups excluding carboxylic acids is 2. The van der Waals surface area contributed by atoms with Gasteiger partial charge in [0, 0.05) is 23.1 Å². The standard InChI is InChI=1S/C25H29N3O4/c1-4-27(5-2)17-18-10-15-22-21(16-18)8-7-9-23(22)28(32-6-3)25(30)20-13-11-19(12-14-20)24(29)26-31/h7-16,31H,4-6,17H2,1-3H3,(H,26,29). The quantitative estimate of drug-likeness (QED) is 0.385. The molecule has 0 heterocycles. The van der Waals surface area contributed by atoms with Crippen molar-refractivity contribution in [3.63, 3.8) is 0 Å². The van der Waals surface area contributed by atoms with Crippen molar-refractivity contribution in [1.82, 2.24) is 10.4 Å². The molecule has 0 unspecified atom stereocenters. The Bertz CT molecular complexity index is 1080. The normalized spacial score (nSPS) is 11.0. The van der Waals surface area contributed by atoms with Gasteiger partial charge in [0.2, 0.25) is 0 Å². The van der Waals surface area contributed by atoms with Gasteiger partial charge in [-0.25, -0.2) is 5.48 Å². The van der Waals surface area contributed by atoms with Crippen LogP contribution in [-0.2, 0) is 11.4 Å². The average molecular weight is 436 g/mol. The zero-order valence-electron chi connectivity index (χ0n) is 18.7. The summed E-state index contributed by atoms with van der Waals surface area (Å²) in [4.78, 5) is 32.9. The molecule has 32 heavy (non-hydrogen) atoms. The van der Waals surface area contributed by atoms with Crippen molar-refractivity contribution in [1.29, 1.82) is 0 Å². The number of carbonyl (C=O) groups is 2. The highest BCUT2D eigenvalue weighted by Gasteiger charge is 2.21. The third kappa shape index (κ3) is 5.13. The number of hydrogen-bond acceptors (Lipinski definition) is 5. The molecule has 0 aliphatic carbocycles. The Morgan fingerprint density at radius 2 is 1.62 bits per heavy atom. The molecule has 3 aromatic carbocycles. The fourth-order valence-electron chi connectivity index (χ4n) is 3.61. The van der Waals surface area contributed by atoms with Gasteiger partial charge in [-0.05, 0) is 67.4 Å². The second kappa shape index (κ2) is 10.9. The van der Waals surface area contributed by atoms with Crippen LogP contribution in [0.3, 0.4) is 0 Å². The molecule has 7 nitrogen and oxygen atoms in total. The van der Waals surface area contributed by atoms with E-state index in [2.05, 4.69) is 30.9 Å². The number of fused-ring (bicyclic) bond motifs is 1. The van der Waals surface area contributed by atoms with Crippen LogP contribution in [0.5, 0.6) is 0 Å². The van der Waals surface area contributed by atoms with E-state index < -0.39 is 5.91 Å². The lowest BCUT2D eigenvalue weighted by Crippen LogP contribution is -2.31. The molecule has 0 bridgehead atoms. The minimum Gasteiger partial charge on any atom is -0.300 e. The van der Waals surface area contributed by atoms with Crippen LogP contribution in [-0.4, -0.2) is 41.6 Å². The highest BCUT2D eigenvalue weighted by molar-refractivity contribution is 6.10. The molecule has 3 aromatic rings. The van der Waals surface area contributed by atoms with E-state index in [0.29, 0.717) is 17.9 Å².